The Morgan fingerprint density at radius 1 is 1.30 bits per heavy atom. The van der Waals surface area contributed by atoms with Crippen LogP contribution in [0.5, 0.6) is 0 Å². The van der Waals surface area contributed by atoms with E-state index in [4.69, 9.17) is 9.47 Å². The van der Waals surface area contributed by atoms with Crippen molar-refractivity contribution in [3.05, 3.63) is 40.6 Å². The molecule has 3 atom stereocenters. The van der Waals surface area contributed by atoms with Gasteiger partial charge in [-0.2, -0.15) is 0 Å². The van der Waals surface area contributed by atoms with Gasteiger partial charge in [-0.1, -0.05) is 18.2 Å². The summed E-state index contributed by atoms with van der Waals surface area (Å²) >= 11 is 1.48. The first kappa shape index (κ1) is 22.8. The third-order valence-electron chi connectivity index (χ3n) is 5.32. The molecule has 0 bridgehead atoms. The van der Waals surface area contributed by atoms with E-state index >= 15 is 0 Å². The van der Waals surface area contributed by atoms with Crippen molar-refractivity contribution in [2.75, 3.05) is 19.8 Å². The van der Waals surface area contributed by atoms with E-state index in [0.717, 1.165) is 12.8 Å². The molecule has 1 saturated carbocycles. The molecule has 1 aliphatic heterocycles. The van der Waals surface area contributed by atoms with E-state index in [1.54, 1.807) is 24.3 Å². The summed E-state index contributed by atoms with van der Waals surface area (Å²) in [6.07, 6.45) is 3.30. The molecule has 0 radical (unpaired) electrons. The van der Waals surface area contributed by atoms with Crippen molar-refractivity contribution in [3.8, 4) is 0 Å². The normalized spacial score (nSPS) is 25.1. The molecule has 1 aliphatic carbocycles. The van der Waals surface area contributed by atoms with E-state index in [0.29, 0.717) is 36.6 Å². The van der Waals surface area contributed by atoms with Crippen LogP contribution in [0.15, 0.2) is 29.2 Å². The number of nitrogens with one attached hydrogen (secondary N) is 2. The van der Waals surface area contributed by atoms with Gasteiger partial charge in [0.15, 0.2) is 6.29 Å². The summed E-state index contributed by atoms with van der Waals surface area (Å²) in [6, 6.07) is 6.33. The number of halogens is 1. The van der Waals surface area contributed by atoms with Crippen molar-refractivity contribution in [1.82, 2.24) is 10.6 Å². The maximum Gasteiger partial charge on any atom is 0.257 e. The predicted octanol–water partition coefficient (Wildman–Crippen LogP) is 3.08. The van der Waals surface area contributed by atoms with Crippen molar-refractivity contribution < 1.29 is 23.5 Å². The Kier molecular flexibility index (Phi) is 8.30. The molecule has 164 valence electrons. The van der Waals surface area contributed by atoms with E-state index < -0.39 is 6.29 Å². The Bertz CT molecular complexity index is 782. The quantitative estimate of drug-likeness (QED) is 0.484. The molecule has 1 aromatic carbocycles. The Balaban J connectivity index is 1.56. The van der Waals surface area contributed by atoms with E-state index in [1.807, 2.05) is 13.8 Å². The van der Waals surface area contributed by atoms with Crippen LogP contribution in [0.2, 0.25) is 0 Å². The summed E-state index contributed by atoms with van der Waals surface area (Å²) in [6.45, 7) is 5.10. The highest BCUT2D eigenvalue weighted by molar-refractivity contribution is 8.04. The van der Waals surface area contributed by atoms with Crippen molar-refractivity contribution in [1.29, 1.82) is 0 Å². The van der Waals surface area contributed by atoms with Crippen LogP contribution in [0, 0.1) is 11.7 Å². The molecule has 8 heteroatoms. The number of thioether (sulfide) groups is 1. The molecule has 2 amide bonds. The van der Waals surface area contributed by atoms with Crippen LogP contribution in [-0.2, 0) is 19.1 Å². The Labute approximate surface area is 181 Å². The van der Waals surface area contributed by atoms with Crippen molar-refractivity contribution in [2.45, 2.75) is 50.7 Å². The first-order chi connectivity index (χ1) is 14.5. The number of hydrogen-bond acceptors (Lipinski definition) is 5. The Hall–Kier alpha value is -1.90. The van der Waals surface area contributed by atoms with Gasteiger partial charge in [0.1, 0.15) is 5.82 Å². The molecule has 30 heavy (non-hydrogen) atoms. The Morgan fingerprint density at radius 3 is 2.73 bits per heavy atom. The highest BCUT2D eigenvalue weighted by atomic mass is 32.2. The number of benzene rings is 1. The lowest BCUT2D eigenvalue weighted by Crippen LogP contribution is -2.52. The molecule has 3 rings (SSSR count). The van der Waals surface area contributed by atoms with Gasteiger partial charge in [-0.15, -0.1) is 11.8 Å². The lowest BCUT2D eigenvalue weighted by atomic mass is 9.84. The third kappa shape index (κ3) is 5.83. The zero-order valence-corrected chi connectivity index (χ0v) is 18.2. The summed E-state index contributed by atoms with van der Waals surface area (Å²) in [5.41, 5.74) is 0.403. The zero-order valence-electron chi connectivity index (χ0n) is 17.4. The van der Waals surface area contributed by atoms with Gasteiger partial charge in [-0.25, -0.2) is 4.39 Å². The van der Waals surface area contributed by atoms with Gasteiger partial charge in [-0.05, 0) is 45.3 Å². The smallest absolute Gasteiger partial charge is 0.257 e. The molecule has 0 spiro atoms. The monoisotopic (exact) mass is 436 g/mol. The fraction of sp³-hybridized carbons (Fsp3) is 0.545. The topological polar surface area (TPSA) is 76.7 Å². The molecular weight excluding hydrogens is 407 g/mol. The summed E-state index contributed by atoms with van der Waals surface area (Å²) in [4.78, 5) is 25.7. The van der Waals surface area contributed by atoms with E-state index in [-0.39, 0.29) is 34.8 Å². The third-order valence-corrected chi connectivity index (χ3v) is 6.74. The van der Waals surface area contributed by atoms with Gasteiger partial charge in [0, 0.05) is 36.0 Å². The maximum absolute atomic E-state index is 13.9. The van der Waals surface area contributed by atoms with Gasteiger partial charge in [-0.3, -0.25) is 9.59 Å². The van der Waals surface area contributed by atoms with Crippen LogP contribution in [0.3, 0.4) is 0 Å². The van der Waals surface area contributed by atoms with Crippen molar-refractivity contribution >= 4 is 29.7 Å². The highest BCUT2D eigenvalue weighted by Gasteiger charge is 2.39. The molecule has 2 fully saturated rings. The van der Waals surface area contributed by atoms with Crippen LogP contribution < -0.4 is 10.6 Å². The number of hydrogen-bond donors (Lipinski definition) is 2. The fourth-order valence-corrected chi connectivity index (χ4v) is 5.11. The molecular formula is C22H29FN2O4S. The summed E-state index contributed by atoms with van der Waals surface area (Å²) in [7, 11) is 0. The fourth-order valence-electron chi connectivity index (χ4n) is 3.83. The lowest BCUT2D eigenvalue weighted by Gasteiger charge is -2.39. The second kappa shape index (κ2) is 10.9. The number of ether oxygens (including phenoxy) is 2. The van der Waals surface area contributed by atoms with Gasteiger partial charge in [0.05, 0.1) is 11.4 Å². The minimum absolute atomic E-state index is 0.0372. The number of carbonyl (C=O) groups is 2. The first-order valence-corrected chi connectivity index (χ1v) is 11.3. The van der Waals surface area contributed by atoms with Gasteiger partial charge in [0.2, 0.25) is 5.91 Å². The molecule has 0 aromatic heterocycles. The number of carbonyl (C=O) groups excluding carboxylic acids is 2. The average molecular weight is 437 g/mol. The number of fused-ring (bicyclic) bond motifs is 1. The van der Waals surface area contributed by atoms with Crippen molar-refractivity contribution in [3.63, 3.8) is 0 Å². The van der Waals surface area contributed by atoms with Crippen LogP contribution in [0.1, 0.15) is 38.7 Å². The summed E-state index contributed by atoms with van der Waals surface area (Å²) in [5.74, 6) is -0.755. The minimum Gasteiger partial charge on any atom is -0.351 e. The van der Waals surface area contributed by atoms with Crippen LogP contribution in [-0.4, -0.2) is 49.2 Å². The molecule has 1 saturated heterocycles. The maximum atomic E-state index is 13.9. The zero-order chi connectivity index (χ0) is 21.5. The van der Waals surface area contributed by atoms with E-state index in [9.17, 15) is 14.0 Å². The summed E-state index contributed by atoms with van der Waals surface area (Å²) < 4.78 is 24.8. The van der Waals surface area contributed by atoms with Crippen LogP contribution in [0.4, 0.5) is 4.39 Å². The molecule has 3 unspecified atom stereocenters. The molecule has 6 nitrogen and oxygen atoms in total. The second-order valence-corrected chi connectivity index (χ2v) is 8.64. The molecule has 2 N–H and O–H groups in total. The van der Waals surface area contributed by atoms with Crippen LogP contribution in [0.25, 0.3) is 6.08 Å². The standard InChI is InChI=1S/C22H29FN2O4S/c1-3-28-20(29-4-2)13-24-21(26)15-9-10-18-17(11-15)25-22(27)19(30-18)12-14-7-5-6-8-16(14)23/h5-8,12,15,17-18,20H,3-4,9-11,13H2,1-2H3,(H,24,26)(H,25,27)/b19-12+. The molecule has 1 heterocycles. The van der Waals surface area contributed by atoms with Crippen LogP contribution >= 0.6 is 11.8 Å². The lowest BCUT2D eigenvalue weighted by molar-refractivity contribution is -0.142. The van der Waals surface area contributed by atoms with Crippen molar-refractivity contribution in [2.24, 2.45) is 5.92 Å². The SMILES string of the molecule is CCOC(CNC(=O)C1CCC2S/C(=C/c3ccccc3F)C(=O)NC2C1)OCC. The van der Waals surface area contributed by atoms with E-state index in [2.05, 4.69) is 10.6 Å². The first-order valence-electron chi connectivity index (χ1n) is 10.5. The molecule has 2 aliphatic rings. The highest BCUT2D eigenvalue weighted by Crippen LogP contribution is 2.40. The molecule has 1 aromatic rings. The minimum atomic E-state index is -0.448. The van der Waals surface area contributed by atoms with E-state index in [1.165, 1.54) is 17.8 Å². The Morgan fingerprint density at radius 2 is 2.03 bits per heavy atom. The van der Waals surface area contributed by atoms with Gasteiger partial charge < -0.3 is 20.1 Å². The largest absolute Gasteiger partial charge is 0.351 e. The number of rotatable bonds is 8. The summed E-state index contributed by atoms with van der Waals surface area (Å²) in [5, 5.41) is 6.12. The van der Waals surface area contributed by atoms with Gasteiger partial charge >= 0.3 is 0 Å². The second-order valence-electron chi connectivity index (χ2n) is 7.36. The number of amides is 2. The van der Waals surface area contributed by atoms with Gasteiger partial charge in [0.25, 0.3) is 5.91 Å². The predicted molar refractivity (Wildman–Crippen MR) is 115 cm³/mol. The average Bonchev–Trinajstić information content (AvgIpc) is 2.74.